The van der Waals surface area contributed by atoms with Gasteiger partial charge >= 0.3 is 0 Å². The molecule has 3 nitrogen and oxygen atoms in total. The maximum Gasteiger partial charge on any atom is 0.241 e. The summed E-state index contributed by atoms with van der Waals surface area (Å²) in [6, 6.07) is 5.88. The molecule has 0 unspecified atom stereocenters. The van der Waals surface area contributed by atoms with Crippen molar-refractivity contribution in [2.24, 2.45) is 5.73 Å². The van der Waals surface area contributed by atoms with Crippen molar-refractivity contribution in [1.29, 1.82) is 0 Å². The summed E-state index contributed by atoms with van der Waals surface area (Å²) < 4.78 is 0. The van der Waals surface area contributed by atoms with E-state index in [0.29, 0.717) is 5.02 Å². The van der Waals surface area contributed by atoms with Crippen LogP contribution in [0.25, 0.3) is 6.08 Å². The van der Waals surface area contributed by atoms with Crippen LogP contribution >= 0.6 is 11.6 Å². The number of rotatable bonds is 3. The van der Waals surface area contributed by atoms with Crippen LogP contribution in [0.15, 0.2) is 24.3 Å². The van der Waals surface area contributed by atoms with Gasteiger partial charge in [0.05, 0.1) is 0 Å². The van der Waals surface area contributed by atoms with Crippen molar-refractivity contribution in [2.45, 2.75) is 12.8 Å². The van der Waals surface area contributed by atoms with Gasteiger partial charge in [-0.25, -0.2) is 0 Å². The van der Waals surface area contributed by atoms with E-state index >= 15 is 0 Å². The third-order valence-corrected chi connectivity index (χ3v) is 3.21. The van der Waals surface area contributed by atoms with Crippen LogP contribution in [0.1, 0.15) is 18.4 Å². The number of hydrogen-bond acceptors (Lipinski definition) is 2. The van der Waals surface area contributed by atoms with E-state index in [4.69, 9.17) is 17.3 Å². The molecule has 0 spiro atoms. The van der Waals surface area contributed by atoms with E-state index in [1.165, 1.54) is 18.9 Å². The van der Waals surface area contributed by atoms with Gasteiger partial charge in [0.15, 0.2) is 0 Å². The summed E-state index contributed by atoms with van der Waals surface area (Å²) in [5.74, 6) is -0.468. The number of nitrogens with two attached hydrogens (primary N) is 1. The zero-order valence-corrected chi connectivity index (χ0v) is 10.3. The molecule has 0 aromatic heterocycles. The fourth-order valence-corrected chi connectivity index (χ4v) is 2.23. The Morgan fingerprint density at radius 3 is 2.65 bits per heavy atom. The molecule has 4 heteroatoms. The Hall–Kier alpha value is -1.48. The molecule has 1 saturated heterocycles. The first kappa shape index (κ1) is 12.0. The highest BCUT2D eigenvalue weighted by molar-refractivity contribution is 6.32. The predicted octanol–water partition coefficient (Wildman–Crippen LogP) is 2.44. The molecule has 0 bridgehead atoms. The van der Waals surface area contributed by atoms with Gasteiger partial charge in [-0.1, -0.05) is 17.7 Å². The number of benzene rings is 1. The molecule has 1 heterocycles. The van der Waals surface area contributed by atoms with E-state index in [9.17, 15) is 4.79 Å². The Kier molecular flexibility index (Phi) is 3.69. The zero-order chi connectivity index (χ0) is 12.3. The lowest BCUT2D eigenvalue weighted by molar-refractivity contribution is -0.113. The summed E-state index contributed by atoms with van der Waals surface area (Å²) in [7, 11) is 0. The third-order valence-electron chi connectivity index (χ3n) is 2.88. The van der Waals surface area contributed by atoms with Crippen LogP contribution in [0.2, 0.25) is 5.02 Å². The van der Waals surface area contributed by atoms with Gasteiger partial charge in [0, 0.05) is 29.9 Å². The second-order valence-electron chi connectivity index (χ2n) is 4.14. The van der Waals surface area contributed by atoms with Crippen LogP contribution in [-0.2, 0) is 4.79 Å². The van der Waals surface area contributed by atoms with Crippen LogP contribution < -0.4 is 10.6 Å². The molecule has 1 aromatic carbocycles. The molecular formula is C13H15ClN2O. The number of carbonyl (C=O) groups excluding carboxylic acids is 1. The van der Waals surface area contributed by atoms with Crippen LogP contribution in [0.4, 0.5) is 5.69 Å². The molecule has 2 rings (SSSR count). The van der Waals surface area contributed by atoms with Crippen molar-refractivity contribution in [3.8, 4) is 0 Å². The number of amides is 1. The number of hydrogen-bond donors (Lipinski definition) is 1. The normalized spacial score (nSPS) is 15.7. The molecule has 1 aliphatic heterocycles. The zero-order valence-electron chi connectivity index (χ0n) is 9.53. The van der Waals surface area contributed by atoms with Gasteiger partial charge in [0.1, 0.15) is 0 Å². The standard InChI is InChI=1S/C13H15ClN2O/c14-12-9-11(16-7-1-2-8-16)5-3-10(12)4-6-13(15)17/h3-6,9H,1-2,7-8H2,(H2,15,17)/b6-4+. The second kappa shape index (κ2) is 5.23. The largest absolute Gasteiger partial charge is 0.371 e. The fourth-order valence-electron chi connectivity index (χ4n) is 2.00. The summed E-state index contributed by atoms with van der Waals surface area (Å²) in [5.41, 5.74) is 7.00. The molecular weight excluding hydrogens is 236 g/mol. The van der Waals surface area contributed by atoms with Crippen LogP contribution in [0, 0.1) is 0 Å². The molecule has 17 heavy (non-hydrogen) atoms. The van der Waals surface area contributed by atoms with E-state index in [0.717, 1.165) is 24.3 Å². The van der Waals surface area contributed by atoms with E-state index in [2.05, 4.69) is 4.90 Å². The summed E-state index contributed by atoms with van der Waals surface area (Å²) in [5, 5.41) is 0.645. The summed E-state index contributed by atoms with van der Waals surface area (Å²) >= 11 is 6.16. The molecule has 2 N–H and O–H groups in total. The lowest BCUT2D eigenvalue weighted by Crippen LogP contribution is -2.17. The van der Waals surface area contributed by atoms with Crippen LogP contribution in [0.5, 0.6) is 0 Å². The van der Waals surface area contributed by atoms with Gasteiger partial charge in [0.2, 0.25) is 5.91 Å². The van der Waals surface area contributed by atoms with Crippen molar-refractivity contribution in [2.75, 3.05) is 18.0 Å². The smallest absolute Gasteiger partial charge is 0.241 e. The van der Waals surface area contributed by atoms with E-state index < -0.39 is 5.91 Å². The van der Waals surface area contributed by atoms with Crippen LogP contribution in [0.3, 0.4) is 0 Å². The lowest BCUT2D eigenvalue weighted by Gasteiger charge is -2.18. The molecule has 0 atom stereocenters. The number of carbonyl (C=O) groups is 1. The van der Waals surface area contributed by atoms with Gasteiger partial charge in [-0.15, -0.1) is 0 Å². The first-order valence-corrected chi connectivity index (χ1v) is 6.06. The van der Waals surface area contributed by atoms with E-state index in [1.807, 2.05) is 18.2 Å². The Labute approximate surface area is 106 Å². The first-order valence-electron chi connectivity index (χ1n) is 5.69. The summed E-state index contributed by atoms with van der Waals surface area (Å²) in [6.07, 6.45) is 5.43. The molecule has 0 saturated carbocycles. The van der Waals surface area contributed by atoms with Gasteiger partial charge < -0.3 is 10.6 Å². The minimum absolute atomic E-state index is 0.468. The molecule has 90 valence electrons. The maximum atomic E-state index is 10.6. The molecule has 1 aliphatic rings. The number of anilines is 1. The predicted molar refractivity (Wildman–Crippen MR) is 71.1 cm³/mol. The van der Waals surface area contributed by atoms with E-state index in [1.54, 1.807) is 6.08 Å². The average molecular weight is 251 g/mol. The quantitative estimate of drug-likeness (QED) is 0.838. The number of primary amides is 1. The molecule has 0 radical (unpaired) electrons. The highest BCUT2D eigenvalue weighted by Gasteiger charge is 2.12. The van der Waals surface area contributed by atoms with Gasteiger partial charge in [-0.3, -0.25) is 4.79 Å². The molecule has 1 aromatic rings. The van der Waals surface area contributed by atoms with Gasteiger partial charge in [0.25, 0.3) is 0 Å². The van der Waals surface area contributed by atoms with E-state index in [-0.39, 0.29) is 0 Å². The van der Waals surface area contributed by atoms with Crippen molar-refractivity contribution in [1.82, 2.24) is 0 Å². The Morgan fingerprint density at radius 1 is 1.35 bits per heavy atom. The van der Waals surface area contributed by atoms with Gasteiger partial charge in [-0.2, -0.15) is 0 Å². The second-order valence-corrected chi connectivity index (χ2v) is 4.54. The molecule has 1 fully saturated rings. The Morgan fingerprint density at radius 2 is 2.06 bits per heavy atom. The van der Waals surface area contributed by atoms with Crippen LogP contribution in [-0.4, -0.2) is 19.0 Å². The molecule has 0 aliphatic carbocycles. The Balaban J connectivity index is 2.19. The number of halogens is 1. The van der Waals surface area contributed by atoms with Crippen molar-refractivity contribution in [3.05, 3.63) is 34.9 Å². The van der Waals surface area contributed by atoms with Crippen molar-refractivity contribution < 1.29 is 4.79 Å². The summed E-state index contributed by atoms with van der Waals surface area (Å²) in [4.78, 5) is 13.0. The maximum absolute atomic E-state index is 10.6. The van der Waals surface area contributed by atoms with Crippen molar-refractivity contribution >= 4 is 29.3 Å². The minimum atomic E-state index is -0.468. The van der Waals surface area contributed by atoms with Crippen molar-refractivity contribution in [3.63, 3.8) is 0 Å². The lowest BCUT2D eigenvalue weighted by atomic mass is 10.2. The highest BCUT2D eigenvalue weighted by atomic mass is 35.5. The number of nitrogens with zero attached hydrogens (tertiary/aromatic N) is 1. The SMILES string of the molecule is NC(=O)/C=C/c1ccc(N2CCCC2)cc1Cl. The molecule has 1 amide bonds. The Bertz CT molecular complexity index is 451. The third kappa shape index (κ3) is 3.01. The first-order chi connectivity index (χ1) is 8.16. The average Bonchev–Trinajstić information content (AvgIpc) is 2.80. The highest BCUT2D eigenvalue weighted by Crippen LogP contribution is 2.26. The topological polar surface area (TPSA) is 46.3 Å². The summed E-state index contributed by atoms with van der Waals surface area (Å²) in [6.45, 7) is 2.18. The minimum Gasteiger partial charge on any atom is -0.371 e. The van der Waals surface area contributed by atoms with Gasteiger partial charge in [-0.05, 0) is 36.6 Å². The monoisotopic (exact) mass is 250 g/mol. The fraction of sp³-hybridized carbons (Fsp3) is 0.308.